The molecule has 50 heavy (non-hydrogen) atoms. The van der Waals surface area contributed by atoms with Gasteiger partial charge in [-0.15, -0.1) is 6.42 Å². The highest BCUT2D eigenvalue weighted by Gasteiger charge is 2.51. The summed E-state index contributed by atoms with van der Waals surface area (Å²) >= 11 is 0. The molecule has 13 heteroatoms. The van der Waals surface area contributed by atoms with Gasteiger partial charge in [0.25, 0.3) is 6.47 Å². The van der Waals surface area contributed by atoms with E-state index in [0.717, 1.165) is 18.4 Å². The van der Waals surface area contributed by atoms with E-state index in [1.165, 1.54) is 25.3 Å². The van der Waals surface area contributed by atoms with Crippen molar-refractivity contribution in [1.82, 2.24) is 20.2 Å². The molecule has 2 N–H and O–H groups in total. The lowest BCUT2D eigenvalue weighted by molar-refractivity contribution is -0.122. The van der Waals surface area contributed by atoms with Gasteiger partial charge in [0.2, 0.25) is 0 Å². The van der Waals surface area contributed by atoms with Crippen molar-refractivity contribution in [3.05, 3.63) is 65.5 Å². The van der Waals surface area contributed by atoms with Crippen LogP contribution >= 0.6 is 0 Å². The summed E-state index contributed by atoms with van der Waals surface area (Å²) in [7, 11) is 1.30. The Bertz CT molecular complexity index is 2060. The third-order valence-corrected chi connectivity index (χ3v) is 10.2. The summed E-state index contributed by atoms with van der Waals surface area (Å²) in [4.78, 5) is 21.7. The Hall–Kier alpha value is -4.93. The topological polar surface area (TPSA) is 100 Å². The fraction of sp³-hybridized carbons (Fsp3) is 0.378. The van der Waals surface area contributed by atoms with Gasteiger partial charge in [-0.25, -0.2) is 17.6 Å². The van der Waals surface area contributed by atoms with Crippen LogP contribution in [0.15, 0.2) is 42.5 Å². The van der Waals surface area contributed by atoms with Gasteiger partial charge >= 0.3 is 6.01 Å². The molecule has 3 aromatic carbocycles. The monoisotopic (exact) mass is 689 g/mol. The Morgan fingerprint density at radius 3 is 2.56 bits per heavy atom. The zero-order valence-electron chi connectivity index (χ0n) is 27.3. The van der Waals surface area contributed by atoms with Crippen molar-refractivity contribution in [3.63, 3.8) is 0 Å². The first kappa shape index (κ1) is 33.6. The fourth-order valence-electron chi connectivity index (χ4n) is 8.28. The molecule has 0 radical (unpaired) electrons. The van der Waals surface area contributed by atoms with Gasteiger partial charge in [-0.05, 0) is 36.3 Å². The zero-order chi connectivity index (χ0) is 35.3. The normalized spacial score (nSPS) is 24.2. The number of hydrogen-bond acceptors (Lipinski definition) is 8. The molecular formula is C37H35F4N5O4. The van der Waals surface area contributed by atoms with Crippen LogP contribution in [-0.4, -0.2) is 90.1 Å². The molecule has 4 aliphatic heterocycles. The number of nitrogens with zero attached hydrogens (tertiary/aromatic N) is 4. The summed E-state index contributed by atoms with van der Waals surface area (Å²) in [5.41, 5.74) is -0.320. The molecule has 9 nitrogen and oxygen atoms in total. The number of methoxy groups -OCH3 is 1. The molecule has 0 amide bonds. The van der Waals surface area contributed by atoms with Gasteiger partial charge in [0, 0.05) is 50.1 Å². The summed E-state index contributed by atoms with van der Waals surface area (Å²) in [6.45, 7) is 5.93. The van der Waals surface area contributed by atoms with Gasteiger partial charge in [0.1, 0.15) is 29.9 Å². The molecule has 4 saturated heterocycles. The molecule has 4 aliphatic rings. The second kappa shape index (κ2) is 13.1. The second-order valence-electron chi connectivity index (χ2n) is 13.3. The van der Waals surface area contributed by atoms with Crippen molar-refractivity contribution in [2.24, 2.45) is 0 Å². The Labute approximate surface area is 285 Å². The van der Waals surface area contributed by atoms with Gasteiger partial charge in [-0.2, -0.15) is 9.97 Å². The average molecular weight is 690 g/mol. The predicted octanol–water partition coefficient (Wildman–Crippen LogP) is 5.62. The lowest BCUT2D eigenvalue weighted by Crippen LogP contribution is -2.51. The van der Waals surface area contributed by atoms with Crippen LogP contribution in [0.1, 0.15) is 31.2 Å². The largest absolute Gasteiger partial charge is 0.493 e. The minimum Gasteiger partial charge on any atom is -0.493 e. The maximum atomic E-state index is 17.1. The number of terminal acetylenes is 1. The van der Waals surface area contributed by atoms with E-state index in [4.69, 9.17) is 30.8 Å². The molecule has 8 rings (SSSR count). The number of anilines is 1. The van der Waals surface area contributed by atoms with E-state index in [1.807, 2.05) is 9.80 Å². The Kier molecular flexibility index (Phi) is 8.78. The average Bonchev–Trinajstić information content (AvgIpc) is 3.70. The first-order valence-electron chi connectivity index (χ1n) is 16.3. The summed E-state index contributed by atoms with van der Waals surface area (Å²) in [6, 6.07) is 7.83. The summed E-state index contributed by atoms with van der Waals surface area (Å²) in [6.07, 6.45) is 7.49. The van der Waals surface area contributed by atoms with Crippen LogP contribution in [0.3, 0.4) is 0 Å². The highest BCUT2D eigenvalue weighted by Crippen LogP contribution is 2.46. The number of piperazine rings is 1. The molecular weight excluding hydrogens is 654 g/mol. The van der Waals surface area contributed by atoms with Crippen molar-refractivity contribution >= 4 is 34.0 Å². The van der Waals surface area contributed by atoms with Crippen LogP contribution in [0.25, 0.3) is 32.8 Å². The Morgan fingerprint density at radius 2 is 1.86 bits per heavy atom. The zero-order valence-corrected chi connectivity index (χ0v) is 27.3. The van der Waals surface area contributed by atoms with E-state index in [-0.39, 0.29) is 83.1 Å². The van der Waals surface area contributed by atoms with Gasteiger partial charge in [0.05, 0.1) is 29.2 Å². The SMILES string of the molecule is C#Cc1c(F)ccc2cccc(-c3c(F)c(OC)c4c(N5CC6CCC(C5)N6)nc(OC[C@]56CC(=C)CN5C[C@@H](F)C6)nc4c3F)c12.O=CO. The molecule has 2 unspecified atom stereocenters. The third kappa shape index (κ3) is 5.56. The van der Waals surface area contributed by atoms with Gasteiger partial charge in [0.15, 0.2) is 17.4 Å². The van der Waals surface area contributed by atoms with Crippen molar-refractivity contribution in [2.75, 3.05) is 44.8 Å². The van der Waals surface area contributed by atoms with Crippen molar-refractivity contribution in [2.45, 2.75) is 49.5 Å². The highest BCUT2D eigenvalue weighted by atomic mass is 19.1. The van der Waals surface area contributed by atoms with Crippen LogP contribution < -0.4 is 19.7 Å². The molecule has 4 atom stereocenters. The number of halogens is 4. The van der Waals surface area contributed by atoms with Crippen molar-refractivity contribution in [3.8, 4) is 35.2 Å². The predicted molar refractivity (Wildman–Crippen MR) is 181 cm³/mol. The van der Waals surface area contributed by atoms with Crippen molar-refractivity contribution < 1.29 is 36.9 Å². The van der Waals surface area contributed by atoms with Crippen molar-refractivity contribution in [1.29, 1.82) is 0 Å². The van der Waals surface area contributed by atoms with E-state index in [1.54, 1.807) is 12.1 Å². The standard InChI is InChI=1S/C36H33F4N5O2.CH2O2/c1-4-24-26(38)11-8-20-6-5-7-25(27(20)24)28-30(39)32-29(33(46-3)31(28)40)34(44-16-22-9-10-23(17-44)41-22)43-35(42-32)47-18-36-12-19(2)14-45(36)15-21(37)13-36;2-1-3/h1,5-8,11,21-23,41H,2,9-10,12-18H2,3H3;1H,(H,2,3)/t21-,22?,23?,36+;/m0./s1. The smallest absolute Gasteiger partial charge is 0.319 e. The maximum Gasteiger partial charge on any atom is 0.319 e. The van der Waals surface area contributed by atoms with E-state index >= 15 is 8.78 Å². The number of ether oxygens (including phenoxy) is 2. The first-order valence-corrected chi connectivity index (χ1v) is 16.3. The summed E-state index contributed by atoms with van der Waals surface area (Å²) in [5.74, 6) is -0.246. The number of nitrogens with one attached hydrogen (secondary N) is 1. The number of carbonyl (C=O) groups is 1. The molecule has 4 fully saturated rings. The number of benzene rings is 3. The molecule has 260 valence electrons. The van der Waals surface area contributed by atoms with Crippen LogP contribution in [-0.2, 0) is 4.79 Å². The number of carboxylic acid groups (broad SMARTS) is 1. The molecule has 5 heterocycles. The Morgan fingerprint density at radius 1 is 1.12 bits per heavy atom. The summed E-state index contributed by atoms with van der Waals surface area (Å²) in [5, 5.41) is 11.2. The van der Waals surface area contributed by atoms with E-state index in [2.05, 4.69) is 22.8 Å². The number of alkyl halides is 1. The molecule has 0 saturated carbocycles. The second-order valence-corrected chi connectivity index (χ2v) is 13.3. The van der Waals surface area contributed by atoms with E-state index < -0.39 is 34.7 Å². The number of rotatable bonds is 6. The Balaban J connectivity index is 0.00000126. The molecule has 4 aromatic rings. The minimum absolute atomic E-state index is 0.0620. The first-order chi connectivity index (χ1) is 24.1. The van der Waals surface area contributed by atoms with E-state index in [0.29, 0.717) is 31.4 Å². The lowest BCUT2D eigenvalue weighted by atomic mass is 9.92. The highest BCUT2D eigenvalue weighted by molar-refractivity contribution is 6.05. The van der Waals surface area contributed by atoms with E-state index in [9.17, 15) is 8.78 Å². The van der Waals surface area contributed by atoms with Gasteiger partial charge in [-0.3, -0.25) is 9.69 Å². The fourth-order valence-corrected chi connectivity index (χ4v) is 8.28. The number of fused-ring (bicyclic) bond motifs is 5. The molecule has 2 bridgehead atoms. The lowest BCUT2D eigenvalue weighted by Gasteiger charge is -2.35. The maximum absolute atomic E-state index is 17.1. The molecule has 0 spiro atoms. The quantitative estimate of drug-likeness (QED) is 0.116. The van der Waals surface area contributed by atoms with Crippen LogP contribution in [0.4, 0.5) is 23.4 Å². The minimum atomic E-state index is -0.998. The van der Waals surface area contributed by atoms with Crippen LogP contribution in [0, 0.1) is 29.8 Å². The molecule has 0 aliphatic carbocycles. The number of hydrogen-bond donors (Lipinski definition) is 2. The van der Waals surface area contributed by atoms with Crippen LogP contribution in [0.5, 0.6) is 11.8 Å². The summed E-state index contributed by atoms with van der Waals surface area (Å²) < 4.78 is 75.2. The van der Waals surface area contributed by atoms with Gasteiger partial charge in [-0.1, -0.05) is 42.3 Å². The third-order valence-electron chi connectivity index (χ3n) is 10.2. The van der Waals surface area contributed by atoms with Crippen LogP contribution in [0.2, 0.25) is 0 Å². The molecule has 1 aromatic heterocycles. The van der Waals surface area contributed by atoms with Gasteiger partial charge < -0.3 is 24.8 Å². The number of aromatic nitrogens is 2.